The molecule has 0 saturated carbocycles. The van der Waals surface area contributed by atoms with Crippen LogP contribution in [0.5, 0.6) is 11.5 Å². The summed E-state index contributed by atoms with van der Waals surface area (Å²) in [5.74, 6) is 0.560. The molecule has 0 unspecified atom stereocenters. The monoisotopic (exact) mass is 643 g/mol. The molecule has 2 aromatic rings. The maximum absolute atomic E-state index is 12.4. The van der Waals surface area contributed by atoms with Crippen molar-refractivity contribution in [2.75, 3.05) is 0 Å². The molecule has 0 aliphatic rings. The first-order valence-corrected chi connectivity index (χ1v) is 15.4. The van der Waals surface area contributed by atoms with Crippen LogP contribution in [0.1, 0.15) is 115 Å². The summed E-state index contributed by atoms with van der Waals surface area (Å²) in [6.45, 7) is 4.47. The first-order chi connectivity index (χ1) is 17.0. The molecular formula is C30H46NdO4P-. The number of phosphoric ester groups is 1. The largest absolute Gasteiger partial charge is 0.736 e. The van der Waals surface area contributed by atoms with Gasteiger partial charge >= 0.3 is 7.82 Å². The van der Waals surface area contributed by atoms with E-state index in [1.807, 2.05) is 24.3 Å². The quantitative estimate of drug-likeness (QED) is 0.106. The third kappa shape index (κ3) is 15.7. The van der Waals surface area contributed by atoms with E-state index in [2.05, 4.69) is 13.8 Å². The first kappa shape index (κ1) is 33.6. The van der Waals surface area contributed by atoms with Gasteiger partial charge in [0.2, 0.25) is 0 Å². The van der Waals surface area contributed by atoms with Crippen LogP contribution in [0.2, 0.25) is 0 Å². The average molecular weight is 646 g/mol. The van der Waals surface area contributed by atoms with Crippen LogP contribution in [0.3, 0.4) is 0 Å². The SMILES string of the molecule is CCCCCCCCCc1ccc(OP(=O)([O-])Oc2ccc(CCCCCCCCC)cc2)cc1.[Nd]. The Morgan fingerprint density at radius 1 is 0.556 bits per heavy atom. The van der Waals surface area contributed by atoms with E-state index < -0.39 is 7.82 Å². The Balaban J connectivity index is 0.00000648. The molecule has 0 aromatic heterocycles. The van der Waals surface area contributed by atoms with E-state index in [-0.39, 0.29) is 52.3 Å². The van der Waals surface area contributed by atoms with Gasteiger partial charge in [-0.15, -0.1) is 0 Å². The number of hydrogen-bond acceptors (Lipinski definition) is 4. The molecule has 2 rings (SSSR count). The average Bonchev–Trinajstić information content (AvgIpc) is 2.84. The Hall–Kier alpha value is -0.419. The van der Waals surface area contributed by atoms with Crippen LogP contribution < -0.4 is 13.9 Å². The third-order valence-electron chi connectivity index (χ3n) is 6.42. The summed E-state index contributed by atoms with van der Waals surface area (Å²) in [6, 6.07) is 14.6. The van der Waals surface area contributed by atoms with E-state index in [1.165, 1.54) is 88.2 Å². The van der Waals surface area contributed by atoms with Crippen LogP contribution in [-0.2, 0) is 17.4 Å². The molecular weight excluding hydrogens is 600 g/mol. The molecule has 0 heterocycles. The van der Waals surface area contributed by atoms with Gasteiger partial charge in [0.05, 0.1) is 0 Å². The second-order valence-electron chi connectivity index (χ2n) is 9.66. The predicted octanol–water partition coefficient (Wildman–Crippen LogP) is 9.20. The summed E-state index contributed by atoms with van der Waals surface area (Å²) in [5, 5.41) is 0. The summed E-state index contributed by atoms with van der Waals surface area (Å²) in [7, 11) is -4.50. The van der Waals surface area contributed by atoms with Crippen LogP contribution in [0.15, 0.2) is 48.5 Å². The van der Waals surface area contributed by atoms with Gasteiger partial charge in [0.15, 0.2) is 0 Å². The van der Waals surface area contributed by atoms with Gasteiger partial charge in [-0.25, -0.2) is 4.57 Å². The molecule has 6 heteroatoms. The number of aryl methyl sites for hydroxylation is 2. The van der Waals surface area contributed by atoms with E-state index in [9.17, 15) is 9.46 Å². The Bertz CT molecular complexity index is 772. The maximum atomic E-state index is 12.4. The second-order valence-corrected chi connectivity index (χ2v) is 10.9. The minimum atomic E-state index is -4.50. The van der Waals surface area contributed by atoms with Gasteiger partial charge in [0, 0.05) is 40.8 Å². The Morgan fingerprint density at radius 3 is 1.19 bits per heavy atom. The van der Waals surface area contributed by atoms with Gasteiger partial charge in [-0.2, -0.15) is 0 Å². The fraction of sp³-hybridized carbons (Fsp3) is 0.600. The van der Waals surface area contributed by atoms with Crippen molar-refractivity contribution in [1.29, 1.82) is 0 Å². The van der Waals surface area contributed by atoms with Gasteiger partial charge < -0.3 is 13.9 Å². The minimum absolute atomic E-state index is 0. The molecule has 0 bridgehead atoms. The zero-order chi connectivity index (χ0) is 25.2. The number of phosphoric acid groups is 1. The van der Waals surface area contributed by atoms with E-state index in [0.717, 1.165) is 25.7 Å². The summed E-state index contributed by atoms with van der Waals surface area (Å²) in [4.78, 5) is 12.4. The summed E-state index contributed by atoms with van der Waals surface area (Å²) >= 11 is 0. The van der Waals surface area contributed by atoms with Crippen LogP contribution in [0.25, 0.3) is 0 Å². The standard InChI is InChI=1S/C30H47O4P.Nd/c1-3-5-7-9-11-13-15-17-27-19-23-29(24-20-27)33-35(31,32)34-30-25-21-28(22-26-30)18-16-14-12-10-8-6-4-2;/h19-26H,3-18H2,1-2H3,(H,31,32);/p-1. The maximum Gasteiger partial charge on any atom is 0.372 e. The van der Waals surface area contributed by atoms with Gasteiger partial charge in [0.1, 0.15) is 11.5 Å². The Labute approximate surface area is 253 Å². The van der Waals surface area contributed by atoms with Gasteiger partial charge in [-0.05, 0) is 61.1 Å². The zero-order valence-corrected chi connectivity index (χ0v) is 26.6. The predicted molar refractivity (Wildman–Crippen MR) is 145 cm³/mol. The summed E-state index contributed by atoms with van der Waals surface area (Å²) in [5.41, 5.74) is 2.40. The molecule has 0 N–H and O–H groups in total. The second kappa shape index (κ2) is 20.5. The van der Waals surface area contributed by atoms with Crippen molar-refractivity contribution in [3.05, 3.63) is 59.7 Å². The first-order valence-electron chi connectivity index (χ1n) is 13.9. The molecule has 0 spiro atoms. The molecule has 36 heavy (non-hydrogen) atoms. The number of hydrogen-bond donors (Lipinski definition) is 0. The zero-order valence-electron chi connectivity index (χ0n) is 22.5. The number of unbranched alkanes of at least 4 members (excludes halogenated alkanes) is 12. The van der Waals surface area contributed by atoms with Crippen LogP contribution in [0.4, 0.5) is 0 Å². The molecule has 0 radical (unpaired) electrons. The van der Waals surface area contributed by atoms with Crippen molar-refractivity contribution in [3.8, 4) is 11.5 Å². The molecule has 0 saturated heterocycles. The molecule has 4 nitrogen and oxygen atoms in total. The van der Waals surface area contributed by atoms with Crippen LogP contribution in [-0.4, -0.2) is 0 Å². The molecule has 0 fully saturated rings. The van der Waals surface area contributed by atoms with Crippen molar-refractivity contribution in [3.63, 3.8) is 0 Å². The van der Waals surface area contributed by atoms with E-state index in [4.69, 9.17) is 9.05 Å². The Morgan fingerprint density at radius 2 is 0.861 bits per heavy atom. The van der Waals surface area contributed by atoms with Crippen molar-refractivity contribution >= 4 is 7.82 Å². The van der Waals surface area contributed by atoms with Crippen LogP contribution >= 0.6 is 7.82 Å². The molecule has 0 aliphatic carbocycles. The fourth-order valence-electron chi connectivity index (χ4n) is 4.28. The van der Waals surface area contributed by atoms with Crippen molar-refractivity contribution in [1.82, 2.24) is 0 Å². The van der Waals surface area contributed by atoms with Crippen molar-refractivity contribution in [2.24, 2.45) is 0 Å². The van der Waals surface area contributed by atoms with Crippen molar-refractivity contribution in [2.45, 2.75) is 117 Å². The number of rotatable bonds is 20. The van der Waals surface area contributed by atoms with E-state index in [0.29, 0.717) is 0 Å². The fourth-order valence-corrected chi connectivity index (χ4v) is 5.08. The summed E-state index contributed by atoms with van der Waals surface area (Å²) < 4.78 is 22.7. The van der Waals surface area contributed by atoms with Gasteiger partial charge in [0.25, 0.3) is 0 Å². The molecule has 200 valence electrons. The molecule has 0 aliphatic heterocycles. The normalized spacial score (nSPS) is 11.2. The molecule has 0 atom stereocenters. The molecule has 0 amide bonds. The van der Waals surface area contributed by atoms with Crippen molar-refractivity contribution < 1.29 is 59.3 Å². The Kier molecular flexibility index (Phi) is 19.2. The van der Waals surface area contributed by atoms with Gasteiger partial charge in [-0.1, -0.05) is 115 Å². The topological polar surface area (TPSA) is 58.6 Å². The van der Waals surface area contributed by atoms with E-state index >= 15 is 0 Å². The minimum Gasteiger partial charge on any atom is -0.736 e. The molecule has 2 aromatic carbocycles. The van der Waals surface area contributed by atoms with Crippen LogP contribution in [0, 0.1) is 40.8 Å². The number of benzene rings is 2. The summed E-state index contributed by atoms with van der Waals surface area (Å²) in [6.07, 6.45) is 19.9. The smallest absolute Gasteiger partial charge is 0.372 e. The van der Waals surface area contributed by atoms with Gasteiger partial charge in [-0.3, -0.25) is 0 Å². The third-order valence-corrected chi connectivity index (χ3v) is 7.29. The van der Waals surface area contributed by atoms with E-state index in [1.54, 1.807) is 24.3 Å².